The smallest absolute Gasteiger partial charge is 0.128 e. The summed E-state index contributed by atoms with van der Waals surface area (Å²) < 4.78 is 13.8. The van der Waals surface area contributed by atoms with Gasteiger partial charge in [0.2, 0.25) is 0 Å². The van der Waals surface area contributed by atoms with Gasteiger partial charge in [-0.05, 0) is 42.3 Å². The lowest BCUT2D eigenvalue weighted by Crippen LogP contribution is -2.42. The SMILES string of the molecule is NC1(c2ccccc2F)CCc2sccc2C1. The maximum absolute atomic E-state index is 13.8. The molecule has 1 nitrogen and oxygen atoms in total. The molecule has 1 aromatic carbocycles. The predicted octanol–water partition coefficient (Wildman–Crippen LogP) is 3.23. The topological polar surface area (TPSA) is 26.0 Å². The van der Waals surface area contributed by atoms with Crippen molar-refractivity contribution >= 4 is 11.3 Å². The number of aryl methyl sites for hydroxylation is 1. The quantitative estimate of drug-likeness (QED) is 0.822. The first-order chi connectivity index (χ1) is 8.19. The summed E-state index contributed by atoms with van der Waals surface area (Å²) in [7, 11) is 0. The van der Waals surface area contributed by atoms with Crippen molar-refractivity contribution < 1.29 is 4.39 Å². The summed E-state index contributed by atoms with van der Waals surface area (Å²) in [4.78, 5) is 1.41. The van der Waals surface area contributed by atoms with Gasteiger partial charge in [0.05, 0.1) is 0 Å². The Balaban J connectivity index is 2.02. The lowest BCUT2D eigenvalue weighted by molar-refractivity contribution is 0.371. The van der Waals surface area contributed by atoms with Gasteiger partial charge in [0.1, 0.15) is 5.82 Å². The molecule has 1 heterocycles. The lowest BCUT2D eigenvalue weighted by atomic mass is 9.77. The first-order valence-electron chi connectivity index (χ1n) is 5.78. The van der Waals surface area contributed by atoms with Crippen LogP contribution in [0.15, 0.2) is 35.7 Å². The molecule has 17 heavy (non-hydrogen) atoms. The van der Waals surface area contributed by atoms with E-state index in [0.29, 0.717) is 5.56 Å². The van der Waals surface area contributed by atoms with Crippen LogP contribution in [0, 0.1) is 5.82 Å². The normalized spacial score (nSPS) is 23.4. The van der Waals surface area contributed by atoms with Crippen LogP contribution in [0.5, 0.6) is 0 Å². The summed E-state index contributed by atoms with van der Waals surface area (Å²) in [5, 5.41) is 2.09. The van der Waals surface area contributed by atoms with E-state index in [0.717, 1.165) is 19.3 Å². The van der Waals surface area contributed by atoms with E-state index in [9.17, 15) is 4.39 Å². The van der Waals surface area contributed by atoms with E-state index in [1.54, 1.807) is 17.4 Å². The molecule has 1 atom stereocenters. The maximum atomic E-state index is 13.8. The van der Waals surface area contributed by atoms with Crippen molar-refractivity contribution in [2.75, 3.05) is 0 Å². The Hall–Kier alpha value is -1.19. The molecule has 3 rings (SSSR count). The van der Waals surface area contributed by atoms with Gasteiger partial charge in [-0.1, -0.05) is 18.2 Å². The number of hydrogen-bond acceptors (Lipinski definition) is 2. The maximum Gasteiger partial charge on any atom is 0.128 e. The van der Waals surface area contributed by atoms with E-state index in [1.807, 2.05) is 12.1 Å². The van der Waals surface area contributed by atoms with Crippen LogP contribution in [0.1, 0.15) is 22.4 Å². The fraction of sp³-hybridized carbons (Fsp3) is 0.286. The third kappa shape index (κ3) is 1.79. The number of hydrogen-bond donors (Lipinski definition) is 1. The fourth-order valence-electron chi connectivity index (χ4n) is 2.60. The highest BCUT2D eigenvalue weighted by Gasteiger charge is 2.34. The van der Waals surface area contributed by atoms with Gasteiger partial charge in [-0.2, -0.15) is 0 Å². The summed E-state index contributed by atoms with van der Waals surface area (Å²) in [6.07, 6.45) is 2.52. The van der Waals surface area contributed by atoms with Gasteiger partial charge in [0.25, 0.3) is 0 Å². The van der Waals surface area contributed by atoms with Gasteiger partial charge < -0.3 is 5.73 Å². The summed E-state index contributed by atoms with van der Waals surface area (Å²) in [6, 6.07) is 8.98. The molecule has 0 bridgehead atoms. The zero-order chi connectivity index (χ0) is 11.9. The Morgan fingerprint density at radius 3 is 2.88 bits per heavy atom. The van der Waals surface area contributed by atoms with Gasteiger partial charge in [-0.25, -0.2) is 4.39 Å². The Labute approximate surface area is 104 Å². The molecule has 0 fully saturated rings. The number of benzene rings is 1. The molecule has 1 aliphatic carbocycles. The number of rotatable bonds is 1. The van der Waals surface area contributed by atoms with Crippen molar-refractivity contribution in [2.45, 2.75) is 24.8 Å². The molecular formula is C14H14FNS. The summed E-state index contributed by atoms with van der Waals surface area (Å²) >= 11 is 1.78. The Morgan fingerprint density at radius 2 is 2.06 bits per heavy atom. The molecule has 0 radical (unpaired) electrons. The van der Waals surface area contributed by atoms with Gasteiger partial charge in [0.15, 0.2) is 0 Å². The molecule has 88 valence electrons. The predicted molar refractivity (Wildman–Crippen MR) is 68.6 cm³/mol. The lowest BCUT2D eigenvalue weighted by Gasteiger charge is -2.34. The van der Waals surface area contributed by atoms with Crippen LogP contribution in [-0.4, -0.2) is 0 Å². The molecule has 1 aromatic heterocycles. The zero-order valence-corrected chi connectivity index (χ0v) is 10.3. The minimum atomic E-state index is -0.542. The Kier molecular flexibility index (Phi) is 2.53. The summed E-state index contributed by atoms with van der Waals surface area (Å²) in [6.45, 7) is 0. The Bertz CT molecular complexity index is 549. The largest absolute Gasteiger partial charge is 0.321 e. The van der Waals surface area contributed by atoms with Gasteiger partial charge >= 0.3 is 0 Å². The zero-order valence-electron chi connectivity index (χ0n) is 9.45. The van der Waals surface area contributed by atoms with Crippen LogP contribution in [0.2, 0.25) is 0 Å². The molecule has 1 aliphatic rings. The van der Waals surface area contributed by atoms with Crippen LogP contribution in [0.3, 0.4) is 0 Å². The molecule has 1 unspecified atom stereocenters. The number of thiophene rings is 1. The molecule has 0 spiro atoms. The second kappa shape index (κ2) is 3.93. The summed E-state index contributed by atoms with van der Waals surface area (Å²) in [5.41, 5.74) is 7.81. The highest BCUT2D eigenvalue weighted by atomic mass is 32.1. The van der Waals surface area contributed by atoms with E-state index in [4.69, 9.17) is 5.73 Å². The van der Waals surface area contributed by atoms with Crippen molar-refractivity contribution in [1.82, 2.24) is 0 Å². The monoisotopic (exact) mass is 247 g/mol. The second-order valence-corrected chi connectivity index (χ2v) is 5.68. The van der Waals surface area contributed by atoms with E-state index < -0.39 is 5.54 Å². The third-order valence-corrected chi connectivity index (χ3v) is 4.58. The van der Waals surface area contributed by atoms with Crippen LogP contribution in [-0.2, 0) is 18.4 Å². The van der Waals surface area contributed by atoms with Crippen molar-refractivity contribution in [2.24, 2.45) is 5.73 Å². The molecule has 3 heteroatoms. The number of halogens is 1. The van der Waals surface area contributed by atoms with Gasteiger partial charge in [-0.15, -0.1) is 11.3 Å². The van der Waals surface area contributed by atoms with E-state index in [-0.39, 0.29) is 5.82 Å². The van der Waals surface area contributed by atoms with Crippen LogP contribution >= 0.6 is 11.3 Å². The minimum Gasteiger partial charge on any atom is -0.321 e. The van der Waals surface area contributed by atoms with Crippen molar-refractivity contribution in [3.05, 3.63) is 57.5 Å². The number of nitrogens with two attached hydrogens (primary N) is 1. The summed E-state index contributed by atoms with van der Waals surface area (Å²) in [5.74, 6) is -0.186. The molecule has 0 saturated heterocycles. The van der Waals surface area contributed by atoms with Gasteiger partial charge in [0, 0.05) is 16.0 Å². The highest BCUT2D eigenvalue weighted by molar-refractivity contribution is 7.10. The fourth-order valence-corrected chi connectivity index (χ4v) is 3.51. The molecule has 2 aromatic rings. The highest BCUT2D eigenvalue weighted by Crippen LogP contribution is 2.37. The molecule has 2 N–H and O–H groups in total. The van der Waals surface area contributed by atoms with Crippen LogP contribution < -0.4 is 5.73 Å². The van der Waals surface area contributed by atoms with E-state index in [2.05, 4.69) is 11.4 Å². The van der Waals surface area contributed by atoms with Crippen LogP contribution in [0.4, 0.5) is 4.39 Å². The molecule has 0 aliphatic heterocycles. The number of fused-ring (bicyclic) bond motifs is 1. The van der Waals surface area contributed by atoms with E-state index in [1.165, 1.54) is 16.5 Å². The second-order valence-electron chi connectivity index (χ2n) is 4.68. The standard InChI is InChI=1S/C14H14FNS/c15-12-4-2-1-3-11(12)14(16)7-5-13-10(9-14)6-8-17-13/h1-4,6,8H,5,7,9,16H2. The van der Waals surface area contributed by atoms with Crippen LogP contribution in [0.25, 0.3) is 0 Å². The molecule has 0 amide bonds. The van der Waals surface area contributed by atoms with Crippen molar-refractivity contribution in [3.8, 4) is 0 Å². The Morgan fingerprint density at radius 1 is 1.24 bits per heavy atom. The molecular weight excluding hydrogens is 233 g/mol. The van der Waals surface area contributed by atoms with Gasteiger partial charge in [-0.3, -0.25) is 0 Å². The van der Waals surface area contributed by atoms with E-state index >= 15 is 0 Å². The molecule has 0 saturated carbocycles. The third-order valence-electron chi connectivity index (χ3n) is 3.55. The first kappa shape index (κ1) is 10.9. The minimum absolute atomic E-state index is 0.186. The average molecular weight is 247 g/mol. The van der Waals surface area contributed by atoms with Crippen molar-refractivity contribution in [1.29, 1.82) is 0 Å². The average Bonchev–Trinajstić information content (AvgIpc) is 2.76. The first-order valence-corrected chi connectivity index (χ1v) is 6.66. The van der Waals surface area contributed by atoms with Crippen molar-refractivity contribution in [3.63, 3.8) is 0 Å².